The fourth-order valence-electron chi connectivity index (χ4n) is 1.70. The van der Waals surface area contributed by atoms with E-state index in [-0.39, 0.29) is 5.92 Å². The molecule has 3 heteroatoms. The molecule has 3 N–H and O–H groups in total. The summed E-state index contributed by atoms with van der Waals surface area (Å²) in [5.74, 6) is -0.756. The van der Waals surface area contributed by atoms with Gasteiger partial charge < -0.3 is 10.8 Å². The van der Waals surface area contributed by atoms with Crippen molar-refractivity contribution in [1.29, 1.82) is 0 Å². The summed E-state index contributed by atoms with van der Waals surface area (Å²) in [5, 5.41) is 8.75. The minimum atomic E-state index is -0.876. The van der Waals surface area contributed by atoms with Crippen LogP contribution < -0.4 is 5.73 Å². The number of hydrogen-bond donors (Lipinski definition) is 2. The highest BCUT2D eigenvalue weighted by Crippen LogP contribution is 2.20. The molecule has 0 fully saturated rings. The normalized spacial score (nSPS) is 28.5. The number of hydrogen-bond acceptors (Lipinski definition) is 2. The molecule has 13 heavy (non-hydrogen) atoms. The minimum Gasteiger partial charge on any atom is -0.480 e. The Morgan fingerprint density at radius 2 is 2.23 bits per heavy atom. The largest absolute Gasteiger partial charge is 0.480 e. The molecule has 0 aromatic rings. The van der Waals surface area contributed by atoms with E-state index in [4.69, 9.17) is 10.8 Å². The first-order chi connectivity index (χ1) is 6.22. The summed E-state index contributed by atoms with van der Waals surface area (Å²) in [6.45, 7) is 0. The summed E-state index contributed by atoms with van der Waals surface area (Å²) in [6, 6.07) is -0.692. The Labute approximate surface area is 78.6 Å². The summed E-state index contributed by atoms with van der Waals surface area (Å²) in [5.41, 5.74) is 5.58. The van der Waals surface area contributed by atoms with Crippen LogP contribution in [0.4, 0.5) is 0 Å². The third-order valence-electron chi connectivity index (χ3n) is 2.59. The van der Waals surface area contributed by atoms with E-state index in [1.807, 2.05) is 0 Å². The van der Waals surface area contributed by atoms with E-state index < -0.39 is 12.0 Å². The maximum Gasteiger partial charge on any atom is 0.320 e. The number of allylic oxidation sites excluding steroid dienone is 2. The molecule has 0 radical (unpaired) electrons. The van der Waals surface area contributed by atoms with Gasteiger partial charge >= 0.3 is 5.97 Å². The van der Waals surface area contributed by atoms with Gasteiger partial charge in [-0.15, -0.1) is 0 Å². The van der Waals surface area contributed by atoms with Gasteiger partial charge in [-0.3, -0.25) is 4.79 Å². The summed E-state index contributed by atoms with van der Waals surface area (Å²) in [6.07, 6.45) is 9.31. The van der Waals surface area contributed by atoms with Gasteiger partial charge in [0.2, 0.25) is 0 Å². The van der Waals surface area contributed by atoms with Crippen molar-refractivity contribution in [1.82, 2.24) is 0 Å². The second-order valence-corrected chi connectivity index (χ2v) is 3.62. The van der Waals surface area contributed by atoms with Crippen molar-refractivity contribution >= 4 is 5.97 Å². The highest BCUT2D eigenvalue weighted by Gasteiger charge is 2.22. The van der Waals surface area contributed by atoms with Crippen molar-refractivity contribution < 1.29 is 9.90 Å². The SMILES string of the molecule is NC(C(=O)O)C1C/C=C\CCCC1. The number of rotatable bonds is 2. The lowest BCUT2D eigenvalue weighted by Crippen LogP contribution is -2.37. The Morgan fingerprint density at radius 3 is 2.92 bits per heavy atom. The van der Waals surface area contributed by atoms with Gasteiger partial charge in [-0.1, -0.05) is 18.6 Å². The molecule has 0 aliphatic heterocycles. The number of aliphatic carboxylic acids is 1. The van der Waals surface area contributed by atoms with Gasteiger partial charge in [-0.05, 0) is 31.6 Å². The lowest BCUT2D eigenvalue weighted by atomic mass is 9.89. The summed E-state index contributed by atoms with van der Waals surface area (Å²) in [4.78, 5) is 10.6. The van der Waals surface area contributed by atoms with Crippen LogP contribution in [0.5, 0.6) is 0 Å². The first-order valence-electron chi connectivity index (χ1n) is 4.85. The number of carbonyl (C=O) groups is 1. The number of nitrogens with two attached hydrogens (primary N) is 1. The Bertz CT molecular complexity index is 201. The fourth-order valence-corrected chi connectivity index (χ4v) is 1.70. The number of carboxylic acid groups (broad SMARTS) is 1. The van der Waals surface area contributed by atoms with E-state index >= 15 is 0 Å². The van der Waals surface area contributed by atoms with Crippen LogP contribution in [0, 0.1) is 5.92 Å². The Morgan fingerprint density at radius 1 is 1.46 bits per heavy atom. The molecule has 0 spiro atoms. The average Bonchev–Trinajstić information content (AvgIpc) is 2.02. The molecular weight excluding hydrogens is 166 g/mol. The van der Waals surface area contributed by atoms with Crippen LogP contribution in [0.1, 0.15) is 32.1 Å². The zero-order valence-corrected chi connectivity index (χ0v) is 7.78. The summed E-state index contributed by atoms with van der Waals surface area (Å²) < 4.78 is 0. The monoisotopic (exact) mass is 183 g/mol. The third-order valence-corrected chi connectivity index (χ3v) is 2.59. The standard InChI is InChI=1S/C10H17NO2/c11-9(10(12)13)8-6-4-2-1-3-5-7-8/h2,4,8-9H,1,3,5-7,11H2,(H,12,13)/b4-2-. The van der Waals surface area contributed by atoms with E-state index in [0.29, 0.717) is 0 Å². The zero-order chi connectivity index (χ0) is 9.68. The maximum absolute atomic E-state index is 10.6. The zero-order valence-electron chi connectivity index (χ0n) is 7.78. The van der Waals surface area contributed by atoms with Crippen molar-refractivity contribution in [2.45, 2.75) is 38.1 Å². The van der Waals surface area contributed by atoms with Crippen molar-refractivity contribution in [2.24, 2.45) is 11.7 Å². The lowest BCUT2D eigenvalue weighted by molar-refractivity contribution is -0.139. The molecule has 74 valence electrons. The van der Waals surface area contributed by atoms with Crippen molar-refractivity contribution in [3.8, 4) is 0 Å². The molecule has 1 aliphatic carbocycles. The Kier molecular flexibility index (Phi) is 3.96. The van der Waals surface area contributed by atoms with Crippen LogP contribution in [0.3, 0.4) is 0 Å². The average molecular weight is 183 g/mol. The first kappa shape index (κ1) is 10.3. The summed E-state index contributed by atoms with van der Waals surface area (Å²) in [7, 11) is 0. The molecule has 0 aromatic heterocycles. The topological polar surface area (TPSA) is 63.3 Å². The van der Waals surface area contributed by atoms with Crippen LogP contribution >= 0.6 is 0 Å². The lowest BCUT2D eigenvalue weighted by Gasteiger charge is -2.20. The van der Waals surface area contributed by atoms with Crippen LogP contribution in [0.25, 0.3) is 0 Å². The molecule has 0 heterocycles. The summed E-state index contributed by atoms with van der Waals surface area (Å²) >= 11 is 0. The van der Waals surface area contributed by atoms with Gasteiger partial charge in [0.15, 0.2) is 0 Å². The maximum atomic E-state index is 10.6. The smallest absolute Gasteiger partial charge is 0.320 e. The first-order valence-corrected chi connectivity index (χ1v) is 4.85. The van der Waals surface area contributed by atoms with E-state index in [1.165, 1.54) is 0 Å². The highest BCUT2D eigenvalue weighted by atomic mass is 16.4. The minimum absolute atomic E-state index is 0.119. The highest BCUT2D eigenvalue weighted by molar-refractivity contribution is 5.73. The fraction of sp³-hybridized carbons (Fsp3) is 0.700. The van der Waals surface area contributed by atoms with Crippen LogP contribution in [0.15, 0.2) is 12.2 Å². The molecular formula is C10H17NO2. The van der Waals surface area contributed by atoms with E-state index in [0.717, 1.165) is 32.1 Å². The quantitative estimate of drug-likeness (QED) is 0.638. The molecule has 0 saturated heterocycles. The van der Waals surface area contributed by atoms with Crippen LogP contribution in [0.2, 0.25) is 0 Å². The van der Waals surface area contributed by atoms with Gasteiger partial charge in [0.1, 0.15) is 6.04 Å². The molecule has 3 nitrogen and oxygen atoms in total. The Balaban J connectivity index is 2.51. The molecule has 2 atom stereocenters. The van der Waals surface area contributed by atoms with Gasteiger partial charge in [0, 0.05) is 0 Å². The number of carboxylic acids is 1. The van der Waals surface area contributed by atoms with Crippen molar-refractivity contribution in [3.63, 3.8) is 0 Å². The molecule has 1 aliphatic rings. The molecule has 0 saturated carbocycles. The third kappa shape index (κ3) is 3.19. The van der Waals surface area contributed by atoms with E-state index in [9.17, 15) is 4.79 Å². The molecule has 0 bridgehead atoms. The van der Waals surface area contributed by atoms with Crippen LogP contribution in [-0.4, -0.2) is 17.1 Å². The molecule has 0 aromatic carbocycles. The molecule has 2 unspecified atom stereocenters. The van der Waals surface area contributed by atoms with Crippen LogP contribution in [-0.2, 0) is 4.79 Å². The van der Waals surface area contributed by atoms with E-state index in [2.05, 4.69) is 12.2 Å². The van der Waals surface area contributed by atoms with Gasteiger partial charge in [0.05, 0.1) is 0 Å². The second-order valence-electron chi connectivity index (χ2n) is 3.62. The predicted octanol–water partition coefficient (Wildman–Crippen LogP) is 1.53. The van der Waals surface area contributed by atoms with Gasteiger partial charge in [-0.25, -0.2) is 0 Å². The second kappa shape index (κ2) is 5.02. The van der Waals surface area contributed by atoms with Gasteiger partial charge in [0.25, 0.3) is 0 Å². The molecule has 1 rings (SSSR count). The molecule has 0 amide bonds. The van der Waals surface area contributed by atoms with Gasteiger partial charge in [-0.2, -0.15) is 0 Å². The predicted molar refractivity (Wildman–Crippen MR) is 51.3 cm³/mol. The Hall–Kier alpha value is -0.830. The van der Waals surface area contributed by atoms with Crippen molar-refractivity contribution in [2.75, 3.05) is 0 Å². The van der Waals surface area contributed by atoms with Crippen molar-refractivity contribution in [3.05, 3.63) is 12.2 Å². The van der Waals surface area contributed by atoms with E-state index in [1.54, 1.807) is 0 Å².